The van der Waals surface area contributed by atoms with Crippen LogP contribution in [0.3, 0.4) is 0 Å². The number of thiophene rings is 1. The number of carbonyl (C=O) groups excluding carboxylic acids is 2. The molecule has 42 heavy (non-hydrogen) atoms. The number of hydrogen-bond acceptors (Lipinski definition) is 6. The van der Waals surface area contributed by atoms with Gasteiger partial charge in [0.15, 0.2) is 5.78 Å². The lowest BCUT2D eigenvalue weighted by atomic mass is 9.88. The molecule has 228 valence electrons. The van der Waals surface area contributed by atoms with Crippen LogP contribution in [0.15, 0.2) is 35.7 Å². The summed E-state index contributed by atoms with van der Waals surface area (Å²) in [5, 5.41) is 2.11. The van der Waals surface area contributed by atoms with Gasteiger partial charge in [-0.1, -0.05) is 33.8 Å². The molecule has 0 radical (unpaired) electrons. The largest absolute Gasteiger partial charge is 0.379 e. The van der Waals surface area contributed by atoms with E-state index in [1.54, 1.807) is 11.3 Å². The topological polar surface area (TPSA) is 67.7 Å². The Balaban J connectivity index is 1.31. The molecule has 2 aliphatic rings. The van der Waals surface area contributed by atoms with E-state index in [1.165, 1.54) is 4.88 Å². The number of ether oxygens (including phenoxy) is 1. The standard InChI is InChI=1S/C34H48N4O3S/c1-5-27(6-2)38-31-10-9-25(21-30(31)35-33(38)23-29-8-7-19-42-29)32(39)22-26(20-24(3)4)34(40)37-13-11-28(12-14-37)36-15-17-41-18-16-36/h7-10,19,21,24,26-28H,5-6,11-18,20,22-23H2,1-4H3/t26-/m1/s1. The van der Waals surface area contributed by atoms with Crippen molar-refractivity contribution in [1.29, 1.82) is 0 Å². The fraction of sp³-hybridized carbons (Fsp3) is 0.618. The first-order valence-corrected chi connectivity index (χ1v) is 16.9. The molecule has 3 aromatic rings. The summed E-state index contributed by atoms with van der Waals surface area (Å²) in [6.45, 7) is 13.9. The first-order chi connectivity index (χ1) is 20.4. The molecule has 2 aliphatic heterocycles. The number of Topliss-reactive ketones (excluding diaryl/α,β-unsaturated/α-hetero) is 1. The third-order valence-electron chi connectivity index (χ3n) is 9.18. The lowest BCUT2D eigenvalue weighted by molar-refractivity contribution is -0.138. The molecule has 2 saturated heterocycles. The smallest absolute Gasteiger partial charge is 0.226 e. The third-order valence-corrected chi connectivity index (χ3v) is 10.1. The van der Waals surface area contributed by atoms with Gasteiger partial charge < -0.3 is 14.2 Å². The molecule has 0 aliphatic carbocycles. The fourth-order valence-corrected chi connectivity index (χ4v) is 7.61. The van der Waals surface area contributed by atoms with E-state index in [4.69, 9.17) is 9.72 Å². The monoisotopic (exact) mass is 592 g/mol. The van der Waals surface area contributed by atoms with Crippen LogP contribution >= 0.6 is 11.3 Å². The van der Waals surface area contributed by atoms with E-state index in [0.29, 0.717) is 23.6 Å². The molecular weight excluding hydrogens is 544 g/mol. The maximum absolute atomic E-state index is 13.8. The zero-order valence-corrected chi connectivity index (χ0v) is 26.7. The molecule has 2 fully saturated rings. The zero-order chi connectivity index (χ0) is 29.6. The number of amides is 1. The Labute approximate surface area is 255 Å². The first-order valence-electron chi connectivity index (χ1n) is 16.0. The molecule has 1 aromatic carbocycles. The van der Waals surface area contributed by atoms with E-state index < -0.39 is 0 Å². The van der Waals surface area contributed by atoms with Crippen molar-refractivity contribution in [2.45, 2.75) is 84.7 Å². The summed E-state index contributed by atoms with van der Waals surface area (Å²) in [6.07, 6.45) is 5.83. The lowest BCUT2D eigenvalue weighted by Crippen LogP contribution is -2.51. The van der Waals surface area contributed by atoms with E-state index in [9.17, 15) is 9.59 Å². The van der Waals surface area contributed by atoms with E-state index in [1.807, 2.05) is 17.0 Å². The number of hydrogen-bond donors (Lipinski definition) is 0. The summed E-state index contributed by atoms with van der Waals surface area (Å²) in [6, 6.07) is 11.1. The van der Waals surface area contributed by atoms with Crippen LogP contribution in [0.25, 0.3) is 11.0 Å². The normalized spacial score (nSPS) is 17.9. The SMILES string of the molecule is CCC(CC)n1c(Cc2cccs2)nc2cc(C(=O)C[C@@H](CC(C)C)C(=O)N3CCC(N4CCOCC4)CC3)ccc21. The number of fused-ring (bicyclic) bond motifs is 1. The molecule has 0 saturated carbocycles. The Hall–Kier alpha value is -2.55. The molecule has 2 aromatic heterocycles. The van der Waals surface area contributed by atoms with Gasteiger partial charge in [-0.2, -0.15) is 0 Å². The summed E-state index contributed by atoms with van der Waals surface area (Å²) in [7, 11) is 0. The van der Waals surface area contributed by atoms with Gasteiger partial charge >= 0.3 is 0 Å². The third kappa shape index (κ3) is 7.14. The fourth-order valence-electron chi connectivity index (χ4n) is 6.91. The van der Waals surface area contributed by atoms with Gasteiger partial charge in [0.1, 0.15) is 5.82 Å². The van der Waals surface area contributed by atoms with Crippen molar-refractivity contribution >= 4 is 34.1 Å². The van der Waals surface area contributed by atoms with E-state index in [0.717, 1.165) is 94.8 Å². The molecule has 4 heterocycles. The zero-order valence-electron chi connectivity index (χ0n) is 25.9. The van der Waals surface area contributed by atoms with Crippen LogP contribution in [-0.4, -0.2) is 76.5 Å². The Bertz CT molecular complexity index is 1320. The van der Waals surface area contributed by atoms with Crippen molar-refractivity contribution in [2.24, 2.45) is 11.8 Å². The Morgan fingerprint density at radius 2 is 1.79 bits per heavy atom. The van der Waals surface area contributed by atoms with E-state index >= 15 is 0 Å². The van der Waals surface area contributed by atoms with Crippen LogP contribution in [0.2, 0.25) is 0 Å². The quantitative estimate of drug-likeness (QED) is 0.222. The van der Waals surface area contributed by atoms with Gasteiger partial charge in [-0.3, -0.25) is 14.5 Å². The van der Waals surface area contributed by atoms with Gasteiger partial charge in [0.25, 0.3) is 0 Å². The van der Waals surface area contributed by atoms with Gasteiger partial charge in [-0.25, -0.2) is 4.98 Å². The first kappa shape index (κ1) is 30.9. The Morgan fingerprint density at radius 1 is 1.05 bits per heavy atom. The molecule has 1 atom stereocenters. The number of piperidine rings is 1. The number of carbonyl (C=O) groups is 2. The van der Waals surface area contributed by atoms with Crippen LogP contribution in [0.4, 0.5) is 0 Å². The highest BCUT2D eigenvalue weighted by atomic mass is 32.1. The highest BCUT2D eigenvalue weighted by Gasteiger charge is 2.32. The molecule has 7 nitrogen and oxygen atoms in total. The van der Waals surface area contributed by atoms with Gasteiger partial charge in [0.05, 0.1) is 24.2 Å². The second kappa shape index (κ2) is 14.3. The van der Waals surface area contributed by atoms with Crippen molar-refractivity contribution < 1.29 is 14.3 Å². The van der Waals surface area contributed by atoms with Crippen molar-refractivity contribution in [3.63, 3.8) is 0 Å². The van der Waals surface area contributed by atoms with Crippen molar-refractivity contribution in [3.05, 3.63) is 52.0 Å². The molecule has 0 spiro atoms. The summed E-state index contributed by atoms with van der Waals surface area (Å²) < 4.78 is 7.90. The molecule has 5 rings (SSSR count). The van der Waals surface area contributed by atoms with Gasteiger partial charge in [0, 0.05) is 67.5 Å². The van der Waals surface area contributed by atoms with Crippen LogP contribution in [0.5, 0.6) is 0 Å². The minimum atomic E-state index is -0.287. The molecule has 0 N–H and O–H groups in total. The number of aromatic nitrogens is 2. The maximum Gasteiger partial charge on any atom is 0.226 e. The maximum atomic E-state index is 13.8. The van der Waals surface area contributed by atoms with Crippen molar-refractivity contribution in [3.8, 4) is 0 Å². The highest BCUT2D eigenvalue weighted by Crippen LogP contribution is 2.30. The van der Waals surface area contributed by atoms with Gasteiger partial charge in [-0.15, -0.1) is 11.3 Å². The number of imidazole rings is 1. The average molecular weight is 593 g/mol. The average Bonchev–Trinajstić information content (AvgIpc) is 3.65. The van der Waals surface area contributed by atoms with Crippen LogP contribution in [0, 0.1) is 11.8 Å². The number of benzene rings is 1. The van der Waals surface area contributed by atoms with Gasteiger partial charge in [0.2, 0.25) is 5.91 Å². The minimum absolute atomic E-state index is 0.0380. The van der Waals surface area contributed by atoms with Crippen LogP contribution in [-0.2, 0) is 16.0 Å². The van der Waals surface area contributed by atoms with Crippen molar-refractivity contribution in [2.75, 3.05) is 39.4 Å². The summed E-state index contributed by atoms with van der Waals surface area (Å²) in [4.78, 5) is 38.4. The summed E-state index contributed by atoms with van der Waals surface area (Å²) in [5.74, 6) is 1.30. The number of morpholine rings is 1. The second-order valence-electron chi connectivity index (χ2n) is 12.5. The minimum Gasteiger partial charge on any atom is -0.379 e. The van der Waals surface area contributed by atoms with E-state index in [-0.39, 0.29) is 24.0 Å². The summed E-state index contributed by atoms with van der Waals surface area (Å²) in [5.41, 5.74) is 2.62. The molecule has 0 unspecified atom stereocenters. The van der Waals surface area contributed by atoms with Crippen molar-refractivity contribution in [1.82, 2.24) is 19.4 Å². The molecule has 0 bridgehead atoms. The van der Waals surface area contributed by atoms with Gasteiger partial charge in [-0.05, 0) is 67.7 Å². The predicted octanol–water partition coefficient (Wildman–Crippen LogP) is 6.61. The number of nitrogens with zero attached hydrogens (tertiary/aromatic N) is 4. The highest BCUT2D eigenvalue weighted by molar-refractivity contribution is 7.09. The lowest BCUT2D eigenvalue weighted by Gasteiger charge is -2.41. The Morgan fingerprint density at radius 3 is 2.43 bits per heavy atom. The molecular formula is C34H48N4O3S. The van der Waals surface area contributed by atoms with Crippen LogP contribution < -0.4 is 0 Å². The second-order valence-corrected chi connectivity index (χ2v) is 13.5. The number of ketones is 1. The predicted molar refractivity (Wildman–Crippen MR) is 170 cm³/mol. The Kier molecular flexibility index (Phi) is 10.5. The summed E-state index contributed by atoms with van der Waals surface area (Å²) >= 11 is 1.75. The number of likely N-dealkylation sites (tertiary alicyclic amines) is 1. The number of rotatable bonds is 12. The molecule has 8 heteroatoms. The van der Waals surface area contributed by atoms with Crippen LogP contribution in [0.1, 0.15) is 93.3 Å². The van der Waals surface area contributed by atoms with E-state index in [2.05, 4.69) is 60.7 Å². The molecule has 1 amide bonds.